The summed E-state index contributed by atoms with van der Waals surface area (Å²) < 4.78 is 25.4. The highest BCUT2D eigenvalue weighted by molar-refractivity contribution is 7.84. The van der Waals surface area contributed by atoms with Crippen molar-refractivity contribution in [2.45, 2.75) is 10.6 Å². The number of hydrogen-bond acceptors (Lipinski definition) is 2. The average Bonchev–Trinajstić information content (AvgIpc) is 2.32. The normalized spacial score (nSPS) is 12.4. The molecule has 0 saturated carbocycles. The molecule has 0 aliphatic heterocycles. The Hall–Kier alpha value is -1.10. The quantitative estimate of drug-likeness (QED) is 0.869. The van der Waals surface area contributed by atoms with Gasteiger partial charge in [-0.2, -0.15) is 0 Å². The average molecular weight is 318 g/mol. The van der Waals surface area contributed by atoms with Gasteiger partial charge in [0, 0.05) is 26.2 Å². The van der Waals surface area contributed by atoms with E-state index in [0.29, 0.717) is 20.5 Å². The van der Waals surface area contributed by atoms with E-state index in [0.717, 1.165) is 0 Å². The molecule has 2 aromatic rings. The summed E-state index contributed by atoms with van der Waals surface area (Å²) >= 11 is 12.0. The topological polar surface area (TPSA) is 43.1 Å². The maximum Gasteiger partial charge on any atom is 0.126 e. The third kappa shape index (κ3) is 3.47. The molecule has 19 heavy (non-hydrogen) atoms. The molecule has 100 valence electrons. The first kappa shape index (κ1) is 14.3. The number of benzene rings is 2. The lowest BCUT2D eigenvalue weighted by Crippen LogP contribution is -2.00. The maximum atomic E-state index is 13.2. The number of anilines is 1. The van der Waals surface area contributed by atoms with E-state index in [1.54, 1.807) is 18.2 Å². The van der Waals surface area contributed by atoms with E-state index in [1.807, 2.05) is 0 Å². The van der Waals surface area contributed by atoms with Crippen LogP contribution in [0.2, 0.25) is 10.0 Å². The van der Waals surface area contributed by atoms with Crippen LogP contribution >= 0.6 is 23.2 Å². The number of nitrogen functional groups attached to an aromatic ring is 1. The van der Waals surface area contributed by atoms with Gasteiger partial charge in [0.05, 0.1) is 16.6 Å². The van der Waals surface area contributed by atoms with Gasteiger partial charge in [-0.25, -0.2) is 4.39 Å². The Bertz CT molecular complexity index is 608. The molecule has 0 aliphatic rings. The Morgan fingerprint density at radius 1 is 1.16 bits per heavy atom. The number of nitrogens with two attached hydrogens (primary N) is 1. The van der Waals surface area contributed by atoms with Crippen LogP contribution in [0.15, 0.2) is 41.3 Å². The van der Waals surface area contributed by atoms with Crippen LogP contribution in [0, 0.1) is 5.82 Å². The molecule has 2 aromatic carbocycles. The zero-order valence-corrected chi connectivity index (χ0v) is 12.0. The third-order valence-electron chi connectivity index (χ3n) is 2.49. The van der Waals surface area contributed by atoms with Crippen molar-refractivity contribution < 1.29 is 8.60 Å². The molecule has 0 fully saturated rings. The second-order valence-corrected chi connectivity index (χ2v) is 6.18. The van der Waals surface area contributed by atoms with E-state index in [9.17, 15) is 8.60 Å². The Kier molecular flexibility index (Phi) is 4.45. The van der Waals surface area contributed by atoms with Crippen LogP contribution in [0.25, 0.3) is 0 Å². The molecule has 0 amide bonds. The van der Waals surface area contributed by atoms with Crippen LogP contribution < -0.4 is 5.73 Å². The molecule has 2 rings (SSSR count). The van der Waals surface area contributed by atoms with Gasteiger partial charge in [0.2, 0.25) is 0 Å². The first-order valence-electron chi connectivity index (χ1n) is 5.34. The van der Waals surface area contributed by atoms with Gasteiger partial charge < -0.3 is 5.73 Å². The fourth-order valence-electron chi connectivity index (χ4n) is 1.60. The summed E-state index contributed by atoms with van der Waals surface area (Å²) in [7, 11) is -1.46. The van der Waals surface area contributed by atoms with Crippen molar-refractivity contribution in [2.75, 3.05) is 5.73 Å². The maximum absolute atomic E-state index is 13.2. The van der Waals surface area contributed by atoms with E-state index in [2.05, 4.69) is 0 Å². The summed E-state index contributed by atoms with van der Waals surface area (Å²) in [6.45, 7) is 0. The van der Waals surface area contributed by atoms with E-state index in [1.165, 1.54) is 18.2 Å². The number of hydrogen-bond donors (Lipinski definition) is 1. The Labute approximate surface area is 122 Å². The largest absolute Gasteiger partial charge is 0.399 e. The highest BCUT2D eigenvalue weighted by Gasteiger charge is 2.12. The van der Waals surface area contributed by atoms with Crippen molar-refractivity contribution in [3.05, 3.63) is 57.8 Å². The van der Waals surface area contributed by atoms with Crippen LogP contribution in [-0.4, -0.2) is 4.21 Å². The molecule has 6 heteroatoms. The Balaban J connectivity index is 2.31. The van der Waals surface area contributed by atoms with Crippen molar-refractivity contribution in [1.82, 2.24) is 0 Å². The fourth-order valence-corrected chi connectivity index (χ4v) is 3.54. The van der Waals surface area contributed by atoms with Crippen LogP contribution in [-0.2, 0) is 16.6 Å². The highest BCUT2D eigenvalue weighted by atomic mass is 35.5. The molecule has 0 bridgehead atoms. The predicted octanol–water partition coefficient (Wildman–Crippen LogP) is 4.02. The summed E-state index contributed by atoms with van der Waals surface area (Å²) in [5, 5.41) is 0.871. The molecule has 0 radical (unpaired) electrons. The van der Waals surface area contributed by atoms with Crippen molar-refractivity contribution in [3.8, 4) is 0 Å². The smallest absolute Gasteiger partial charge is 0.126 e. The molecule has 1 unspecified atom stereocenters. The lowest BCUT2D eigenvalue weighted by Gasteiger charge is -2.07. The summed E-state index contributed by atoms with van der Waals surface area (Å²) in [5.74, 6) is -0.407. The van der Waals surface area contributed by atoms with Crippen LogP contribution in [0.5, 0.6) is 0 Å². The Morgan fingerprint density at radius 2 is 1.79 bits per heavy atom. The Morgan fingerprint density at radius 3 is 2.37 bits per heavy atom. The van der Waals surface area contributed by atoms with Gasteiger partial charge in [0.15, 0.2) is 0 Å². The number of rotatable bonds is 3. The molecule has 0 spiro atoms. The standard InChI is InChI=1S/C13H10Cl2FNOS/c14-12-2-1-3-13(15)11(12)7-19(18)10-5-8(16)4-9(17)6-10/h1-6H,7,17H2. The molecule has 2 nitrogen and oxygen atoms in total. The van der Waals surface area contributed by atoms with E-state index in [4.69, 9.17) is 28.9 Å². The summed E-state index contributed by atoms with van der Waals surface area (Å²) in [6, 6.07) is 8.88. The lowest BCUT2D eigenvalue weighted by molar-refractivity contribution is 0.623. The molecular formula is C13H10Cl2FNOS. The minimum Gasteiger partial charge on any atom is -0.399 e. The zero-order chi connectivity index (χ0) is 14.0. The van der Waals surface area contributed by atoms with E-state index < -0.39 is 16.6 Å². The van der Waals surface area contributed by atoms with Gasteiger partial charge in [-0.1, -0.05) is 29.3 Å². The molecular weight excluding hydrogens is 308 g/mol. The van der Waals surface area contributed by atoms with Gasteiger partial charge >= 0.3 is 0 Å². The second kappa shape index (κ2) is 5.90. The fraction of sp³-hybridized carbons (Fsp3) is 0.0769. The lowest BCUT2D eigenvalue weighted by atomic mass is 10.2. The van der Waals surface area contributed by atoms with Crippen LogP contribution in [0.3, 0.4) is 0 Å². The molecule has 1 atom stereocenters. The summed E-state index contributed by atoms with van der Waals surface area (Å²) in [4.78, 5) is 0.313. The van der Waals surface area contributed by atoms with Crippen molar-refractivity contribution >= 4 is 39.7 Å². The van der Waals surface area contributed by atoms with Crippen molar-refractivity contribution in [3.63, 3.8) is 0 Å². The summed E-state index contributed by atoms with van der Waals surface area (Å²) in [6.07, 6.45) is 0. The molecule has 2 N–H and O–H groups in total. The highest BCUT2D eigenvalue weighted by Crippen LogP contribution is 2.27. The molecule has 0 aliphatic carbocycles. The summed E-state index contributed by atoms with van der Waals surface area (Å²) in [5.41, 5.74) is 6.33. The van der Waals surface area contributed by atoms with Gasteiger partial charge in [0.25, 0.3) is 0 Å². The minimum atomic E-state index is -1.46. The molecule has 0 aromatic heterocycles. The molecule has 0 heterocycles. The van der Waals surface area contributed by atoms with Crippen LogP contribution in [0.4, 0.5) is 10.1 Å². The first-order chi connectivity index (χ1) is 8.97. The van der Waals surface area contributed by atoms with E-state index >= 15 is 0 Å². The van der Waals surface area contributed by atoms with Gasteiger partial charge in [0.1, 0.15) is 5.82 Å². The first-order valence-corrected chi connectivity index (χ1v) is 7.42. The molecule has 0 saturated heterocycles. The second-order valence-electron chi connectivity index (χ2n) is 3.91. The van der Waals surface area contributed by atoms with Gasteiger partial charge in [-0.3, -0.25) is 4.21 Å². The van der Waals surface area contributed by atoms with E-state index in [-0.39, 0.29) is 11.4 Å². The van der Waals surface area contributed by atoms with Gasteiger partial charge in [-0.15, -0.1) is 0 Å². The third-order valence-corrected chi connectivity index (χ3v) is 4.51. The van der Waals surface area contributed by atoms with Crippen molar-refractivity contribution in [1.29, 1.82) is 0 Å². The minimum absolute atomic E-state index is 0.113. The SMILES string of the molecule is Nc1cc(F)cc(S(=O)Cc2c(Cl)cccc2Cl)c1. The van der Waals surface area contributed by atoms with Crippen molar-refractivity contribution in [2.24, 2.45) is 0 Å². The predicted molar refractivity (Wildman–Crippen MR) is 77.4 cm³/mol. The van der Waals surface area contributed by atoms with Crippen LogP contribution in [0.1, 0.15) is 5.56 Å². The monoisotopic (exact) mass is 317 g/mol. The van der Waals surface area contributed by atoms with Gasteiger partial charge in [-0.05, 0) is 30.3 Å². The number of halogens is 3. The zero-order valence-electron chi connectivity index (χ0n) is 9.70.